The van der Waals surface area contributed by atoms with E-state index in [2.05, 4.69) is 0 Å². The lowest BCUT2D eigenvalue weighted by atomic mass is 10.1. The molecule has 0 heterocycles. The minimum Gasteiger partial charge on any atom is -0.457 e. The van der Waals surface area contributed by atoms with Crippen molar-refractivity contribution >= 4 is 5.78 Å². The van der Waals surface area contributed by atoms with Crippen LogP contribution in [0.3, 0.4) is 0 Å². The van der Waals surface area contributed by atoms with Crippen LogP contribution in [0.4, 0.5) is 0 Å². The summed E-state index contributed by atoms with van der Waals surface area (Å²) in [5.41, 5.74) is 7.09. The highest BCUT2D eigenvalue weighted by molar-refractivity contribution is 5.97. The number of benzene rings is 2. The normalized spacial score (nSPS) is 10.1. The molecule has 0 saturated carbocycles. The molecule has 0 saturated heterocycles. The first kappa shape index (κ1) is 12.3. The summed E-state index contributed by atoms with van der Waals surface area (Å²) in [6.45, 7) is 2.05. The molecule has 0 aromatic heterocycles. The van der Waals surface area contributed by atoms with Gasteiger partial charge in [-0.2, -0.15) is 0 Å². The number of carbonyl (C=O) groups is 1. The third-order valence-corrected chi connectivity index (χ3v) is 2.62. The van der Waals surface area contributed by atoms with Gasteiger partial charge in [-0.1, -0.05) is 17.7 Å². The maximum Gasteiger partial charge on any atom is 0.176 e. The summed E-state index contributed by atoms with van der Waals surface area (Å²) in [5.74, 6) is 1.41. The minimum absolute atomic E-state index is 0.0260. The summed E-state index contributed by atoms with van der Waals surface area (Å²) in [4.78, 5) is 11.4. The Bertz CT molecular complexity index is 529. The highest BCUT2D eigenvalue weighted by Gasteiger charge is 2.03. The van der Waals surface area contributed by atoms with Gasteiger partial charge in [0.1, 0.15) is 11.5 Å². The Hall–Kier alpha value is -2.13. The molecule has 0 fully saturated rings. The van der Waals surface area contributed by atoms with Crippen molar-refractivity contribution in [2.75, 3.05) is 6.54 Å². The second kappa shape index (κ2) is 5.47. The maximum atomic E-state index is 11.4. The van der Waals surface area contributed by atoms with Crippen molar-refractivity contribution in [1.29, 1.82) is 0 Å². The van der Waals surface area contributed by atoms with Crippen LogP contribution in [0, 0.1) is 6.92 Å². The molecule has 0 spiro atoms. The van der Waals surface area contributed by atoms with Gasteiger partial charge >= 0.3 is 0 Å². The van der Waals surface area contributed by atoms with Crippen LogP contribution in [-0.2, 0) is 0 Å². The molecule has 18 heavy (non-hydrogen) atoms. The van der Waals surface area contributed by atoms with Crippen LogP contribution >= 0.6 is 0 Å². The van der Waals surface area contributed by atoms with Crippen molar-refractivity contribution in [1.82, 2.24) is 0 Å². The fourth-order valence-electron chi connectivity index (χ4n) is 1.57. The average Bonchev–Trinajstić information content (AvgIpc) is 2.41. The van der Waals surface area contributed by atoms with E-state index < -0.39 is 0 Å². The number of ketones is 1. The number of Topliss-reactive ketones (excluding diaryl/α,β-unsaturated/α-hetero) is 1. The van der Waals surface area contributed by atoms with Crippen LogP contribution in [0.15, 0.2) is 48.5 Å². The molecule has 3 nitrogen and oxygen atoms in total. The van der Waals surface area contributed by atoms with Crippen molar-refractivity contribution in [3.63, 3.8) is 0 Å². The zero-order valence-corrected chi connectivity index (χ0v) is 10.2. The maximum absolute atomic E-state index is 11.4. The summed E-state index contributed by atoms with van der Waals surface area (Å²) in [7, 11) is 0. The van der Waals surface area contributed by atoms with E-state index in [1.165, 1.54) is 5.56 Å². The van der Waals surface area contributed by atoms with Gasteiger partial charge in [0.05, 0.1) is 6.54 Å². The van der Waals surface area contributed by atoms with Crippen LogP contribution in [0.5, 0.6) is 11.5 Å². The lowest BCUT2D eigenvalue weighted by Gasteiger charge is -2.06. The van der Waals surface area contributed by atoms with Crippen molar-refractivity contribution in [2.45, 2.75) is 6.92 Å². The number of aryl methyl sites for hydroxylation is 1. The summed E-state index contributed by atoms with van der Waals surface area (Å²) in [6.07, 6.45) is 0. The first-order valence-corrected chi connectivity index (χ1v) is 5.77. The Balaban J connectivity index is 2.10. The molecular formula is C15H15NO2. The lowest BCUT2D eigenvalue weighted by molar-refractivity contribution is 0.100. The zero-order chi connectivity index (χ0) is 13.0. The quantitative estimate of drug-likeness (QED) is 0.837. The summed E-state index contributed by atoms with van der Waals surface area (Å²) in [6, 6.07) is 14.8. The highest BCUT2D eigenvalue weighted by Crippen LogP contribution is 2.21. The molecule has 0 aliphatic carbocycles. The molecule has 2 aromatic rings. The number of nitrogens with two attached hydrogens (primary N) is 1. The van der Waals surface area contributed by atoms with Gasteiger partial charge in [0.2, 0.25) is 0 Å². The van der Waals surface area contributed by atoms with Gasteiger partial charge in [0.25, 0.3) is 0 Å². The Morgan fingerprint density at radius 3 is 2.00 bits per heavy atom. The lowest BCUT2D eigenvalue weighted by Crippen LogP contribution is -2.13. The molecule has 0 aliphatic heterocycles. The molecule has 0 radical (unpaired) electrons. The number of ether oxygens (including phenoxy) is 1. The van der Waals surface area contributed by atoms with Gasteiger partial charge in [-0.3, -0.25) is 4.79 Å². The summed E-state index contributed by atoms with van der Waals surface area (Å²) >= 11 is 0. The first-order chi connectivity index (χ1) is 8.69. The van der Waals surface area contributed by atoms with Crippen molar-refractivity contribution in [2.24, 2.45) is 5.73 Å². The number of hydrogen-bond acceptors (Lipinski definition) is 3. The molecule has 0 bridgehead atoms. The Kier molecular flexibility index (Phi) is 3.75. The van der Waals surface area contributed by atoms with E-state index in [1.54, 1.807) is 24.3 Å². The van der Waals surface area contributed by atoms with Crippen molar-refractivity contribution in [3.8, 4) is 11.5 Å². The highest BCUT2D eigenvalue weighted by atomic mass is 16.5. The van der Waals surface area contributed by atoms with E-state index in [4.69, 9.17) is 10.5 Å². The summed E-state index contributed by atoms with van der Waals surface area (Å²) < 4.78 is 5.66. The fourth-order valence-corrected chi connectivity index (χ4v) is 1.57. The Morgan fingerprint density at radius 1 is 1.00 bits per heavy atom. The van der Waals surface area contributed by atoms with Gasteiger partial charge in [-0.15, -0.1) is 0 Å². The first-order valence-electron chi connectivity index (χ1n) is 5.77. The number of rotatable bonds is 4. The van der Waals surface area contributed by atoms with Gasteiger partial charge in [-0.25, -0.2) is 0 Å². The second-order valence-corrected chi connectivity index (χ2v) is 4.07. The SMILES string of the molecule is Cc1ccc(Oc2ccc(C(=O)CN)cc2)cc1. The zero-order valence-electron chi connectivity index (χ0n) is 10.2. The average molecular weight is 241 g/mol. The third-order valence-electron chi connectivity index (χ3n) is 2.62. The molecule has 2 rings (SSSR count). The second-order valence-electron chi connectivity index (χ2n) is 4.07. The number of hydrogen-bond donors (Lipinski definition) is 1. The minimum atomic E-state index is -0.0723. The molecule has 2 aromatic carbocycles. The van der Waals surface area contributed by atoms with Crippen LogP contribution in [0.1, 0.15) is 15.9 Å². The molecule has 92 valence electrons. The van der Waals surface area contributed by atoms with E-state index in [1.807, 2.05) is 31.2 Å². The van der Waals surface area contributed by atoms with Gasteiger partial charge in [-0.05, 0) is 43.3 Å². The molecule has 2 N–H and O–H groups in total. The monoisotopic (exact) mass is 241 g/mol. The van der Waals surface area contributed by atoms with E-state index >= 15 is 0 Å². The molecule has 0 aliphatic rings. The Labute approximate surface area is 106 Å². The van der Waals surface area contributed by atoms with Gasteiger partial charge in [0, 0.05) is 5.56 Å². The van der Waals surface area contributed by atoms with Crippen LogP contribution in [-0.4, -0.2) is 12.3 Å². The van der Waals surface area contributed by atoms with Crippen molar-refractivity contribution in [3.05, 3.63) is 59.7 Å². The van der Waals surface area contributed by atoms with Crippen LogP contribution < -0.4 is 10.5 Å². The molecule has 0 amide bonds. The fraction of sp³-hybridized carbons (Fsp3) is 0.133. The smallest absolute Gasteiger partial charge is 0.176 e. The van der Waals surface area contributed by atoms with Crippen molar-refractivity contribution < 1.29 is 9.53 Å². The topological polar surface area (TPSA) is 52.3 Å². The van der Waals surface area contributed by atoms with Crippen LogP contribution in [0.25, 0.3) is 0 Å². The van der Waals surface area contributed by atoms with Gasteiger partial charge < -0.3 is 10.5 Å². The van der Waals surface area contributed by atoms with Crippen LogP contribution in [0.2, 0.25) is 0 Å². The van der Waals surface area contributed by atoms with E-state index in [0.29, 0.717) is 11.3 Å². The predicted octanol–water partition coefficient (Wildman–Crippen LogP) is 2.93. The Morgan fingerprint density at radius 2 is 1.50 bits per heavy atom. The molecular weight excluding hydrogens is 226 g/mol. The predicted molar refractivity (Wildman–Crippen MR) is 71.1 cm³/mol. The van der Waals surface area contributed by atoms with E-state index in [-0.39, 0.29) is 12.3 Å². The molecule has 0 unspecified atom stereocenters. The van der Waals surface area contributed by atoms with Gasteiger partial charge in [0.15, 0.2) is 5.78 Å². The summed E-state index contributed by atoms with van der Waals surface area (Å²) in [5, 5.41) is 0. The standard InChI is InChI=1S/C15H15NO2/c1-11-2-6-13(7-3-11)18-14-8-4-12(5-9-14)15(17)10-16/h2-9H,10,16H2,1H3. The number of carbonyl (C=O) groups excluding carboxylic acids is 1. The van der Waals surface area contributed by atoms with E-state index in [9.17, 15) is 4.79 Å². The molecule has 3 heteroatoms. The third kappa shape index (κ3) is 2.96. The van der Waals surface area contributed by atoms with E-state index in [0.717, 1.165) is 5.75 Å². The molecule has 0 atom stereocenters. The largest absolute Gasteiger partial charge is 0.457 e.